The van der Waals surface area contributed by atoms with Crippen molar-refractivity contribution >= 4 is 30.4 Å². The van der Waals surface area contributed by atoms with E-state index < -0.39 is 22.4 Å². The van der Waals surface area contributed by atoms with Gasteiger partial charge < -0.3 is 29.5 Å². The predicted octanol–water partition coefficient (Wildman–Crippen LogP) is 8.49. The van der Waals surface area contributed by atoms with Gasteiger partial charge in [-0.15, -0.1) is 12.4 Å². The molecule has 3 aliphatic rings. The molecule has 0 aromatic heterocycles. The first-order valence-electron chi connectivity index (χ1n) is 18.3. The number of carbonyl (C=O) groups is 3. The van der Waals surface area contributed by atoms with Crippen molar-refractivity contribution < 1.29 is 34.1 Å². The summed E-state index contributed by atoms with van der Waals surface area (Å²) in [5, 5.41) is 21.6. The third kappa shape index (κ3) is 12.8. The monoisotopic (exact) mass is 730 g/mol. The Kier molecular flexibility index (Phi) is 16.0. The normalized spacial score (nSPS) is 26.6. The fourth-order valence-electron chi connectivity index (χ4n) is 6.77. The highest BCUT2D eigenvalue weighted by Gasteiger charge is 2.42. The highest BCUT2D eigenvalue weighted by Crippen LogP contribution is 2.41. The van der Waals surface area contributed by atoms with Gasteiger partial charge in [-0.1, -0.05) is 94.3 Å². The van der Waals surface area contributed by atoms with Crippen LogP contribution >= 0.6 is 12.4 Å². The Balaban J connectivity index is 0.000000270. The number of Topliss-reactive ketones (excluding diaryl/α,β-unsaturated/α-hetero) is 1. The molecule has 2 saturated heterocycles. The summed E-state index contributed by atoms with van der Waals surface area (Å²) in [5.41, 5.74) is -0.400. The highest BCUT2D eigenvalue weighted by atomic mass is 35.5. The molecule has 2 aromatic rings. The zero-order valence-electron chi connectivity index (χ0n) is 32.3. The second-order valence-electron chi connectivity index (χ2n) is 16.3. The summed E-state index contributed by atoms with van der Waals surface area (Å²) in [6.45, 7) is 19.0. The number of hydrogen-bond donors (Lipinski definition) is 2. The summed E-state index contributed by atoms with van der Waals surface area (Å²) in [6, 6.07) is 19.8. The molecule has 1 saturated carbocycles. The number of rotatable bonds is 2. The summed E-state index contributed by atoms with van der Waals surface area (Å²) >= 11 is 0. The summed E-state index contributed by atoms with van der Waals surface area (Å²) in [7, 11) is 0. The number of amides is 2. The Morgan fingerprint density at radius 1 is 0.686 bits per heavy atom. The molecule has 2 N–H and O–H groups in total. The third-order valence-corrected chi connectivity index (χ3v) is 9.86. The maximum Gasteiger partial charge on any atom is 0.410 e. The van der Waals surface area contributed by atoms with E-state index in [-0.39, 0.29) is 42.2 Å². The molecule has 5 atom stereocenters. The molecule has 0 radical (unpaired) electrons. The van der Waals surface area contributed by atoms with E-state index in [0.717, 1.165) is 30.4 Å². The van der Waals surface area contributed by atoms with E-state index in [1.54, 1.807) is 9.80 Å². The fourth-order valence-corrected chi connectivity index (χ4v) is 6.77. The van der Waals surface area contributed by atoms with Crippen molar-refractivity contribution in [3.63, 3.8) is 0 Å². The van der Waals surface area contributed by atoms with Gasteiger partial charge in [-0.05, 0) is 77.8 Å². The maximum absolute atomic E-state index is 12.1. The van der Waals surface area contributed by atoms with Gasteiger partial charge in [0.15, 0.2) is 0 Å². The Morgan fingerprint density at radius 2 is 1.14 bits per heavy atom. The zero-order chi connectivity index (χ0) is 37.3. The smallest absolute Gasteiger partial charge is 0.410 e. The van der Waals surface area contributed by atoms with Crippen molar-refractivity contribution in [3.05, 3.63) is 71.8 Å². The SMILES string of the molecule is CC1CCCCC1(O)c1ccccc1.CC1CN(C(=O)OC(C)(C)C)CCC1(O)c1ccccc1.CC1CN(C(=O)OC(C)(C)C)CCC1=O.Cl. The summed E-state index contributed by atoms with van der Waals surface area (Å²) in [4.78, 5) is 38.4. The van der Waals surface area contributed by atoms with Gasteiger partial charge in [0, 0.05) is 44.4 Å². The van der Waals surface area contributed by atoms with Crippen molar-refractivity contribution in [1.29, 1.82) is 0 Å². The van der Waals surface area contributed by atoms with Crippen molar-refractivity contribution in [3.8, 4) is 0 Å². The second-order valence-corrected chi connectivity index (χ2v) is 16.3. The second kappa shape index (κ2) is 18.6. The van der Waals surface area contributed by atoms with Crippen LogP contribution in [0.15, 0.2) is 60.7 Å². The number of halogens is 1. The van der Waals surface area contributed by atoms with Crippen LogP contribution in [0.1, 0.15) is 112 Å². The molecule has 9 nitrogen and oxygen atoms in total. The molecule has 2 aliphatic heterocycles. The molecule has 2 aromatic carbocycles. The number of likely N-dealkylation sites (tertiary alicyclic amines) is 2. The van der Waals surface area contributed by atoms with Crippen molar-refractivity contribution in [1.82, 2.24) is 9.80 Å². The minimum Gasteiger partial charge on any atom is -0.444 e. The van der Waals surface area contributed by atoms with E-state index in [1.807, 2.05) is 116 Å². The van der Waals surface area contributed by atoms with Crippen LogP contribution in [0.4, 0.5) is 9.59 Å². The minimum absolute atomic E-state index is 0. The van der Waals surface area contributed by atoms with E-state index in [1.165, 1.54) is 6.42 Å². The molecule has 51 heavy (non-hydrogen) atoms. The zero-order valence-corrected chi connectivity index (χ0v) is 33.1. The molecule has 3 fully saturated rings. The number of ketones is 1. The standard InChI is InChI=1S/C17H25NO3.C13H18O.C11H19NO3.ClH/c1-13-12-18(15(19)21-16(2,3)4)11-10-17(13,20)14-8-6-5-7-9-14;1-11-7-5-6-10-13(11,14)12-8-3-2-4-9-12;1-8-7-12(6-5-9(8)13)10(14)15-11(2,3)4;/h5-9,13,20H,10-12H2,1-4H3;2-4,8-9,11,14H,5-7,10H2,1H3;8H,5-7H2,1-4H3;1H. The van der Waals surface area contributed by atoms with Crippen LogP contribution in [0.5, 0.6) is 0 Å². The van der Waals surface area contributed by atoms with Gasteiger partial charge in [0.2, 0.25) is 0 Å². The molecule has 286 valence electrons. The van der Waals surface area contributed by atoms with Gasteiger partial charge in [-0.25, -0.2) is 9.59 Å². The van der Waals surface area contributed by atoms with Gasteiger partial charge in [0.1, 0.15) is 17.0 Å². The van der Waals surface area contributed by atoms with E-state index in [2.05, 4.69) is 6.92 Å². The number of piperidine rings is 2. The van der Waals surface area contributed by atoms with Crippen LogP contribution in [-0.4, -0.2) is 75.4 Å². The van der Waals surface area contributed by atoms with Gasteiger partial charge >= 0.3 is 12.2 Å². The fraction of sp³-hybridized carbons (Fsp3) is 0.634. The van der Waals surface area contributed by atoms with Crippen LogP contribution in [0, 0.1) is 17.8 Å². The third-order valence-electron chi connectivity index (χ3n) is 9.86. The Morgan fingerprint density at radius 3 is 1.55 bits per heavy atom. The molecule has 5 unspecified atom stereocenters. The van der Waals surface area contributed by atoms with Crippen LogP contribution in [0.25, 0.3) is 0 Å². The Bertz CT molecular complexity index is 1390. The van der Waals surface area contributed by atoms with E-state index >= 15 is 0 Å². The molecule has 10 heteroatoms. The van der Waals surface area contributed by atoms with Crippen molar-refractivity contribution in [2.75, 3.05) is 26.2 Å². The Hall–Kier alpha value is -3.14. The first-order valence-corrected chi connectivity index (χ1v) is 18.3. The molecular formula is C41H63ClN2O7. The van der Waals surface area contributed by atoms with E-state index in [4.69, 9.17) is 9.47 Å². The van der Waals surface area contributed by atoms with Gasteiger partial charge in [-0.3, -0.25) is 4.79 Å². The number of benzene rings is 2. The lowest BCUT2D eigenvalue weighted by Crippen LogP contribution is -2.51. The molecule has 5 rings (SSSR count). The predicted molar refractivity (Wildman–Crippen MR) is 204 cm³/mol. The number of hydrogen-bond acceptors (Lipinski definition) is 7. The summed E-state index contributed by atoms with van der Waals surface area (Å²) in [5.74, 6) is 0.515. The average Bonchev–Trinajstić information content (AvgIpc) is 3.05. The van der Waals surface area contributed by atoms with Gasteiger partial charge in [0.05, 0.1) is 11.2 Å². The topological polar surface area (TPSA) is 117 Å². The molecule has 0 bridgehead atoms. The average molecular weight is 731 g/mol. The lowest BCUT2D eigenvalue weighted by atomic mass is 9.72. The molecule has 2 heterocycles. The molecular weight excluding hydrogens is 668 g/mol. The van der Waals surface area contributed by atoms with Gasteiger partial charge in [0.25, 0.3) is 0 Å². The van der Waals surface area contributed by atoms with Crippen LogP contribution in [-0.2, 0) is 25.5 Å². The van der Waals surface area contributed by atoms with E-state index in [0.29, 0.717) is 44.9 Å². The quantitative estimate of drug-likeness (QED) is 0.318. The lowest BCUT2D eigenvalue weighted by molar-refractivity contribution is -0.125. The van der Waals surface area contributed by atoms with E-state index in [9.17, 15) is 24.6 Å². The maximum atomic E-state index is 12.1. The first kappa shape index (κ1) is 44.0. The summed E-state index contributed by atoms with van der Waals surface area (Å²) in [6.07, 6.45) is 4.82. The number of aliphatic hydroxyl groups is 2. The molecule has 2 amide bonds. The minimum atomic E-state index is -0.875. The van der Waals surface area contributed by atoms with Crippen LogP contribution < -0.4 is 0 Å². The molecule has 0 spiro atoms. The number of ether oxygens (including phenoxy) is 2. The van der Waals surface area contributed by atoms with Crippen molar-refractivity contribution in [2.45, 2.75) is 123 Å². The lowest BCUT2D eigenvalue weighted by Gasteiger charge is -2.43. The Labute approximate surface area is 312 Å². The summed E-state index contributed by atoms with van der Waals surface area (Å²) < 4.78 is 10.6. The number of carbonyl (C=O) groups excluding carboxylic acids is 3. The largest absolute Gasteiger partial charge is 0.444 e. The molecule has 1 aliphatic carbocycles. The van der Waals surface area contributed by atoms with Gasteiger partial charge in [-0.2, -0.15) is 0 Å². The van der Waals surface area contributed by atoms with Crippen LogP contribution in [0.2, 0.25) is 0 Å². The van der Waals surface area contributed by atoms with Crippen molar-refractivity contribution in [2.24, 2.45) is 17.8 Å². The highest BCUT2D eigenvalue weighted by molar-refractivity contribution is 5.85. The number of nitrogens with zero attached hydrogens (tertiary/aromatic N) is 2. The van der Waals surface area contributed by atoms with Crippen LogP contribution in [0.3, 0.4) is 0 Å². The first-order chi connectivity index (χ1) is 23.2.